The molecule has 4 nitrogen and oxygen atoms in total. The molecule has 2 fully saturated rings. The summed E-state index contributed by atoms with van der Waals surface area (Å²) < 4.78 is 11.7. The number of piperidine rings is 1. The molecule has 2 aliphatic rings. The minimum absolute atomic E-state index is 0.246. The van der Waals surface area contributed by atoms with Gasteiger partial charge in [-0.3, -0.25) is 0 Å². The first-order valence-electron chi connectivity index (χ1n) is 7.80. The molecule has 0 aromatic carbocycles. The molecule has 0 bridgehead atoms. The Balaban J connectivity index is 0.000000267. The van der Waals surface area contributed by atoms with E-state index in [0.717, 1.165) is 30.8 Å². The fraction of sp³-hybridized carbons (Fsp3) is 0.471. The molecule has 4 rings (SSSR count). The summed E-state index contributed by atoms with van der Waals surface area (Å²) in [6.07, 6.45) is 1.57. The molecule has 23 heavy (non-hydrogen) atoms. The summed E-state index contributed by atoms with van der Waals surface area (Å²) >= 11 is 3.25. The molecule has 1 spiro atoms. The zero-order valence-corrected chi connectivity index (χ0v) is 15.0. The van der Waals surface area contributed by atoms with Crippen LogP contribution >= 0.6 is 22.7 Å². The molecule has 2 saturated heterocycles. The van der Waals surface area contributed by atoms with Crippen LogP contribution in [0.1, 0.15) is 24.6 Å². The van der Waals surface area contributed by atoms with Crippen molar-refractivity contribution in [2.75, 3.05) is 20.1 Å². The van der Waals surface area contributed by atoms with Crippen molar-refractivity contribution in [3.8, 4) is 0 Å². The Morgan fingerprint density at radius 1 is 1.13 bits per heavy atom. The molecule has 0 saturated carbocycles. The van der Waals surface area contributed by atoms with Crippen molar-refractivity contribution >= 4 is 28.6 Å². The van der Waals surface area contributed by atoms with E-state index in [4.69, 9.17) is 9.47 Å². The lowest BCUT2D eigenvalue weighted by atomic mass is 10.0. The largest absolute Gasteiger partial charge is 0.430 e. The van der Waals surface area contributed by atoms with Crippen LogP contribution in [-0.2, 0) is 19.9 Å². The number of esters is 1. The highest BCUT2D eigenvalue weighted by atomic mass is 32.1. The summed E-state index contributed by atoms with van der Waals surface area (Å²) in [4.78, 5) is 14.6. The summed E-state index contributed by atoms with van der Waals surface area (Å²) in [6.45, 7) is 3.78. The van der Waals surface area contributed by atoms with Crippen LogP contribution in [0.15, 0.2) is 40.4 Å². The number of nitrogens with one attached hydrogen (secondary N) is 1. The Kier molecular flexibility index (Phi) is 4.87. The van der Waals surface area contributed by atoms with Gasteiger partial charge < -0.3 is 14.4 Å². The Morgan fingerprint density at radius 2 is 1.83 bits per heavy atom. The molecule has 2 aliphatic heterocycles. The van der Waals surface area contributed by atoms with Crippen molar-refractivity contribution in [2.45, 2.75) is 31.2 Å². The van der Waals surface area contributed by atoms with Crippen LogP contribution in [-0.4, -0.2) is 31.9 Å². The molecule has 124 valence electrons. The van der Waals surface area contributed by atoms with Crippen LogP contribution in [0, 0.1) is 0 Å². The predicted octanol–water partition coefficient (Wildman–Crippen LogP) is 2.29. The van der Waals surface area contributed by atoms with Crippen molar-refractivity contribution in [3.63, 3.8) is 0 Å². The Bertz CT molecular complexity index is 601. The molecule has 4 heterocycles. The van der Waals surface area contributed by atoms with Crippen molar-refractivity contribution in [1.29, 1.82) is 0 Å². The highest BCUT2D eigenvalue weighted by Crippen LogP contribution is 2.44. The zero-order valence-electron chi connectivity index (χ0n) is 13.4. The quantitative estimate of drug-likeness (QED) is 0.801. The average molecular weight is 353 g/mol. The number of ether oxygens (including phenoxy) is 2. The molecular weight excluding hydrogens is 330 g/mol. The molecule has 0 aliphatic carbocycles. The monoisotopic (exact) mass is 352 g/mol. The average Bonchev–Trinajstić information content (AvgIpc) is 3.28. The first-order valence-corrected chi connectivity index (χ1v) is 9.62. The highest BCUT2D eigenvalue weighted by molar-refractivity contribution is 7.10. The number of hydrogen-bond donors (Lipinski definition) is 1. The minimum atomic E-state index is -0.917. The third kappa shape index (κ3) is 3.50. The smallest absolute Gasteiger partial charge is 0.346 e. The summed E-state index contributed by atoms with van der Waals surface area (Å²) in [5.41, 5.74) is -0.917. The molecular formula is C17H22NO3S2+. The summed E-state index contributed by atoms with van der Waals surface area (Å²) in [5, 5.41) is 6.04. The van der Waals surface area contributed by atoms with E-state index in [9.17, 15) is 4.79 Å². The maximum absolute atomic E-state index is 12.2. The van der Waals surface area contributed by atoms with E-state index < -0.39 is 11.4 Å². The van der Waals surface area contributed by atoms with E-state index in [1.807, 2.05) is 47.3 Å². The molecule has 6 heteroatoms. The van der Waals surface area contributed by atoms with Gasteiger partial charge in [0, 0.05) is 4.88 Å². The van der Waals surface area contributed by atoms with Gasteiger partial charge in [0.05, 0.1) is 33.0 Å². The van der Waals surface area contributed by atoms with Gasteiger partial charge in [-0.25, -0.2) is 4.79 Å². The van der Waals surface area contributed by atoms with Crippen molar-refractivity contribution in [1.82, 2.24) is 0 Å². The molecule has 0 amide bonds. The fourth-order valence-corrected chi connectivity index (χ4v) is 4.15. The number of quaternary nitrogens is 1. The number of hydrogen-bond acceptors (Lipinski definition) is 5. The maximum Gasteiger partial charge on any atom is 0.346 e. The molecule has 2 aromatic rings. The lowest BCUT2D eigenvalue weighted by Gasteiger charge is -2.34. The topological polar surface area (TPSA) is 40.0 Å². The number of carbonyl (C=O) groups is 1. The van der Waals surface area contributed by atoms with Crippen LogP contribution in [0.4, 0.5) is 0 Å². The molecule has 0 radical (unpaired) electrons. The van der Waals surface area contributed by atoms with Crippen LogP contribution in [0.2, 0.25) is 0 Å². The van der Waals surface area contributed by atoms with Gasteiger partial charge in [-0.05, 0) is 29.1 Å². The first-order chi connectivity index (χ1) is 11.0. The lowest BCUT2D eigenvalue weighted by molar-refractivity contribution is -0.888. The standard InChI is InChI=1S/C13H17NO3S.C4H4S/c1-12(10-4-3-9-18-10)11(15)16-13(17-12)5-7-14(2)8-6-13;1-2-4-5-3-1/h3-4,9H,5-8H2,1-2H3;1-4H/p+1. The highest BCUT2D eigenvalue weighted by Gasteiger charge is 2.58. The second-order valence-corrected chi connectivity index (χ2v) is 7.93. The van der Waals surface area contributed by atoms with Gasteiger partial charge in [-0.15, -0.1) is 11.3 Å². The van der Waals surface area contributed by atoms with E-state index in [-0.39, 0.29) is 5.97 Å². The second kappa shape index (κ2) is 6.73. The molecule has 1 atom stereocenters. The Labute approximate surface area is 144 Å². The van der Waals surface area contributed by atoms with E-state index in [2.05, 4.69) is 7.05 Å². The number of rotatable bonds is 1. The molecule has 1 unspecified atom stereocenters. The van der Waals surface area contributed by atoms with E-state index in [1.54, 1.807) is 11.3 Å². The normalized spacial score (nSPS) is 33.1. The third-order valence-corrected chi connectivity index (χ3v) is 6.04. The minimum Gasteiger partial charge on any atom is -0.430 e. The van der Waals surface area contributed by atoms with Gasteiger partial charge in [-0.1, -0.05) is 18.2 Å². The third-order valence-electron chi connectivity index (χ3n) is 4.34. The van der Waals surface area contributed by atoms with Crippen LogP contribution in [0.3, 0.4) is 0 Å². The van der Waals surface area contributed by atoms with E-state index in [0.29, 0.717) is 0 Å². The molecule has 2 aromatic heterocycles. The fourth-order valence-electron chi connectivity index (χ4n) is 2.89. The van der Waals surface area contributed by atoms with Gasteiger partial charge in [0.1, 0.15) is 0 Å². The van der Waals surface area contributed by atoms with Gasteiger partial charge in [0.15, 0.2) is 0 Å². The summed E-state index contributed by atoms with van der Waals surface area (Å²) in [5.74, 6) is -0.931. The maximum atomic E-state index is 12.2. The van der Waals surface area contributed by atoms with Gasteiger partial charge in [0.2, 0.25) is 11.4 Å². The SMILES string of the molecule is C[NH+]1CCC2(CC1)OC(=O)C(C)(c1cccs1)O2.c1ccsc1. The van der Waals surface area contributed by atoms with Crippen LogP contribution in [0.25, 0.3) is 0 Å². The predicted molar refractivity (Wildman–Crippen MR) is 91.8 cm³/mol. The number of likely N-dealkylation sites (tertiary alicyclic amines) is 1. The Hall–Kier alpha value is -1.21. The van der Waals surface area contributed by atoms with Crippen LogP contribution in [0.5, 0.6) is 0 Å². The summed E-state index contributed by atoms with van der Waals surface area (Å²) in [7, 11) is 2.15. The first kappa shape index (κ1) is 16.6. The van der Waals surface area contributed by atoms with E-state index >= 15 is 0 Å². The molecule has 1 N–H and O–H groups in total. The number of carbonyl (C=O) groups excluding carboxylic acids is 1. The zero-order chi connectivity index (χ0) is 16.3. The van der Waals surface area contributed by atoms with Gasteiger partial charge in [0.25, 0.3) is 0 Å². The Morgan fingerprint density at radius 3 is 2.35 bits per heavy atom. The van der Waals surface area contributed by atoms with E-state index in [1.165, 1.54) is 16.2 Å². The summed E-state index contributed by atoms with van der Waals surface area (Å²) in [6, 6.07) is 7.91. The van der Waals surface area contributed by atoms with Crippen molar-refractivity contribution in [2.24, 2.45) is 0 Å². The van der Waals surface area contributed by atoms with Crippen LogP contribution < -0.4 is 4.90 Å². The van der Waals surface area contributed by atoms with Gasteiger partial charge in [-0.2, -0.15) is 11.3 Å². The van der Waals surface area contributed by atoms with Crippen molar-refractivity contribution in [3.05, 3.63) is 45.3 Å². The van der Waals surface area contributed by atoms with Crippen molar-refractivity contribution < 1.29 is 19.2 Å². The second-order valence-electron chi connectivity index (χ2n) is 6.16. The number of thiophene rings is 2. The lowest BCUT2D eigenvalue weighted by Crippen LogP contribution is -3.10. The van der Waals surface area contributed by atoms with Gasteiger partial charge >= 0.3 is 5.97 Å².